The number of rotatable bonds is 5. The Labute approximate surface area is 183 Å². The Hall–Kier alpha value is -2.08. The molecule has 5 nitrogen and oxygen atoms in total. The second-order valence-corrected chi connectivity index (χ2v) is 9.06. The van der Waals surface area contributed by atoms with Gasteiger partial charge in [0.15, 0.2) is 0 Å². The molecule has 3 aliphatic rings. The maximum Gasteiger partial charge on any atom is 0.244 e. The highest BCUT2D eigenvalue weighted by atomic mass is 35.5. The van der Waals surface area contributed by atoms with Crippen LogP contribution in [0.25, 0.3) is 0 Å². The van der Waals surface area contributed by atoms with Crippen molar-refractivity contribution in [3.05, 3.63) is 59.1 Å². The van der Waals surface area contributed by atoms with E-state index < -0.39 is 0 Å². The molecule has 158 valence electrons. The molecule has 30 heavy (non-hydrogen) atoms. The Morgan fingerprint density at radius 3 is 2.53 bits per heavy atom. The number of ether oxygens (including phenoxy) is 1. The average molecular weight is 426 g/mol. The average Bonchev–Trinajstić information content (AvgIpc) is 3.33. The highest BCUT2D eigenvalue weighted by Crippen LogP contribution is 2.42. The Morgan fingerprint density at radius 2 is 1.83 bits per heavy atom. The van der Waals surface area contributed by atoms with Crippen LogP contribution < -0.4 is 9.64 Å². The molecule has 3 saturated heterocycles. The number of likely N-dealkylation sites (tertiary alicyclic amines) is 2. The largest absolute Gasteiger partial charge is 0.495 e. The third-order valence-corrected chi connectivity index (χ3v) is 7.12. The van der Waals surface area contributed by atoms with Gasteiger partial charge < -0.3 is 9.64 Å². The van der Waals surface area contributed by atoms with E-state index >= 15 is 0 Å². The lowest BCUT2D eigenvalue weighted by atomic mass is 10.0. The van der Waals surface area contributed by atoms with E-state index in [1.807, 2.05) is 17.0 Å². The Kier molecular flexibility index (Phi) is 5.44. The fourth-order valence-electron chi connectivity index (χ4n) is 5.43. The molecule has 0 aliphatic carbocycles. The van der Waals surface area contributed by atoms with E-state index in [1.54, 1.807) is 13.2 Å². The molecule has 0 saturated carbocycles. The van der Waals surface area contributed by atoms with Crippen LogP contribution in [0, 0.1) is 0 Å². The molecular weight excluding hydrogens is 398 g/mol. The smallest absolute Gasteiger partial charge is 0.244 e. The first-order valence-corrected chi connectivity index (χ1v) is 11.2. The van der Waals surface area contributed by atoms with E-state index in [2.05, 4.69) is 40.1 Å². The van der Waals surface area contributed by atoms with Crippen molar-refractivity contribution in [2.75, 3.05) is 31.6 Å². The first kappa shape index (κ1) is 19.9. The zero-order valence-corrected chi connectivity index (χ0v) is 18.1. The summed E-state index contributed by atoms with van der Waals surface area (Å²) in [5.41, 5.74) is 2.18. The molecule has 0 N–H and O–H groups in total. The zero-order valence-electron chi connectivity index (χ0n) is 17.3. The number of nitrogens with zero attached hydrogens (tertiary/aromatic N) is 3. The summed E-state index contributed by atoms with van der Waals surface area (Å²) >= 11 is 6.22. The molecule has 1 amide bonds. The molecule has 2 bridgehead atoms. The number of methoxy groups -OCH3 is 1. The first-order chi connectivity index (χ1) is 14.6. The maximum absolute atomic E-state index is 13.3. The van der Waals surface area contributed by atoms with Gasteiger partial charge in [0.05, 0.1) is 24.9 Å². The van der Waals surface area contributed by atoms with Gasteiger partial charge >= 0.3 is 0 Å². The van der Waals surface area contributed by atoms with E-state index in [9.17, 15) is 4.79 Å². The van der Waals surface area contributed by atoms with Crippen molar-refractivity contribution in [1.82, 2.24) is 9.80 Å². The van der Waals surface area contributed by atoms with Crippen molar-refractivity contribution >= 4 is 23.2 Å². The van der Waals surface area contributed by atoms with E-state index in [0.717, 1.165) is 51.1 Å². The summed E-state index contributed by atoms with van der Waals surface area (Å²) in [7, 11) is 1.64. The number of amides is 1. The number of hydrogen-bond donors (Lipinski definition) is 0. The van der Waals surface area contributed by atoms with E-state index in [-0.39, 0.29) is 18.0 Å². The fraction of sp³-hybridized carbons (Fsp3) is 0.458. The number of hydrogen-bond acceptors (Lipinski definition) is 4. The van der Waals surface area contributed by atoms with Crippen LogP contribution >= 0.6 is 11.6 Å². The Bertz CT molecular complexity index is 914. The van der Waals surface area contributed by atoms with Crippen LogP contribution in [-0.4, -0.2) is 60.6 Å². The number of piperazine rings is 1. The monoisotopic (exact) mass is 425 g/mol. The number of anilines is 1. The van der Waals surface area contributed by atoms with Crippen LogP contribution in [-0.2, 0) is 11.3 Å². The van der Waals surface area contributed by atoms with Crippen molar-refractivity contribution in [1.29, 1.82) is 0 Å². The van der Waals surface area contributed by atoms with Crippen LogP contribution in [0.2, 0.25) is 5.02 Å². The lowest BCUT2D eigenvalue weighted by Crippen LogP contribution is -2.56. The summed E-state index contributed by atoms with van der Waals surface area (Å²) in [6.45, 7) is 4.14. The molecular formula is C24H28ClN3O2. The van der Waals surface area contributed by atoms with E-state index in [1.165, 1.54) is 5.56 Å². The SMILES string of the molecule is COc1ccc(Cl)cc1N1C(=O)[C@@H]2C[C@H]1CN2C1CCN(Cc2ccccc2)CC1. The van der Waals surface area contributed by atoms with Crippen molar-refractivity contribution in [2.24, 2.45) is 0 Å². The second kappa shape index (κ2) is 8.22. The minimum atomic E-state index is -0.00985. The van der Waals surface area contributed by atoms with Gasteiger partial charge in [-0.3, -0.25) is 14.6 Å². The highest BCUT2D eigenvalue weighted by Gasteiger charge is 2.52. The summed E-state index contributed by atoms with van der Waals surface area (Å²) in [5.74, 6) is 0.902. The van der Waals surface area contributed by atoms with Gasteiger partial charge in [-0.15, -0.1) is 0 Å². The summed E-state index contributed by atoms with van der Waals surface area (Å²) in [4.78, 5) is 20.2. The standard InChI is InChI=1S/C24H28ClN3O2/c1-30-23-8-7-18(25)13-21(23)28-20-14-22(24(28)29)27(16-20)19-9-11-26(12-10-19)15-17-5-3-2-4-6-17/h2-8,13,19-20,22H,9-12,14-16H2,1H3/t20-,22-/m0/s1. The van der Waals surface area contributed by atoms with Crippen molar-refractivity contribution in [3.63, 3.8) is 0 Å². The summed E-state index contributed by atoms with van der Waals surface area (Å²) in [6, 6.07) is 16.9. The van der Waals surface area contributed by atoms with Crippen molar-refractivity contribution < 1.29 is 9.53 Å². The van der Waals surface area contributed by atoms with Gasteiger partial charge in [-0.2, -0.15) is 0 Å². The third-order valence-electron chi connectivity index (χ3n) is 6.88. The maximum atomic E-state index is 13.3. The van der Waals surface area contributed by atoms with Gasteiger partial charge in [0.2, 0.25) is 5.91 Å². The van der Waals surface area contributed by atoms with Crippen molar-refractivity contribution in [3.8, 4) is 5.75 Å². The quantitative estimate of drug-likeness (QED) is 0.730. The van der Waals surface area contributed by atoms with Crippen LogP contribution in [0.15, 0.2) is 48.5 Å². The molecule has 3 aliphatic heterocycles. The summed E-state index contributed by atoms with van der Waals surface area (Å²) in [5, 5.41) is 0.629. The van der Waals surface area contributed by atoms with Gasteiger partial charge in [0, 0.05) is 24.2 Å². The molecule has 2 atom stereocenters. The normalized spacial score (nSPS) is 25.3. The van der Waals surface area contributed by atoms with Crippen LogP contribution in [0.4, 0.5) is 5.69 Å². The third kappa shape index (κ3) is 3.59. The molecule has 2 aromatic rings. The molecule has 0 aromatic heterocycles. The minimum Gasteiger partial charge on any atom is -0.495 e. The number of carbonyl (C=O) groups excluding carboxylic acids is 1. The Morgan fingerprint density at radius 1 is 1.07 bits per heavy atom. The fourth-order valence-corrected chi connectivity index (χ4v) is 5.60. The van der Waals surface area contributed by atoms with Gasteiger partial charge in [-0.05, 0) is 56.1 Å². The number of benzene rings is 2. The number of piperidine rings is 1. The molecule has 3 heterocycles. The topological polar surface area (TPSA) is 36.0 Å². The predicted octanol–water partition coefficient (Wildman–Crippen LogP) is 3.80. The zero-order chi connectivity index (χ0) is 20.7. The molecule has 3 fully saturated rings. The van der Waals surface area contributed by atoms with E-state index in [4.69, 9.17) is 16.3 Å². The lowest BCUT2D eigenvalue weighted by Gasteiger charge is -2.42. The van der Waals surface area contributed by atoms with E-state index in [0.29, 0.717) is 16.8 Å². The van der Waals surface area contributed by atoms with Crippen LogP contribution in [0.1, 0.15) is 24.8 Å². The molecule has 2 aromatic carbocycles. The minimum absolute atomic E-state index is 0.00985. The number of halogens is 1. The van der Waals surface area contributed by atoms with Crippen LogP contribution in [0.5, 0.6) is 5.75 Å². The highest BCUT2D eigenvalue weighted by molar-refractivity contribution is 6.31. The molecule has 5 rings (SSSR count). The first-order valence-electron chi connectivity index (χ1n) is 10.8. The van der Waals surface area contributed by atoms with Crippen molar-refractivity contribution in [2.45, 2.75) is 43.9 Å². The second-order valence-electron chi connectivity index (χ2n) is 8.62. The molecule has 0 radical (unpaired) electrons. The predicted molar refractivity (Wildman–Crippen MR) is 119 cm³/mol. The number of carbonyl (C=O) groups is 1. The summed E-state index contributed by atoms with van der Waals surface area (Å²) in [6.07, 6.45) is 3.16. The number of fused-ring (bicyclic) bond motifs is 2. The molecule has 0 unspecified atom stereocenters. The van der Waals surface area contributed by atoms with Gasteiger partial charge in [0.1, 0.15) is 5.75 Å². The van der Waals surface area contributed by atoms with Gasteiger partial charge in [-0.25, -0.2) is 0 Å². The molecule has 0 spiro atoms. The summed E-state index contributed by atoms with van der Waals surface area (Å²) < 4.78 is 5.50. The van der Waals surface area contributed by atoms with Crippen LogP contribution in [0.3, 0.4) is 0 Å². The Balaban J connectivity index is 1.23. The van der Waals surface area contributed by atoms with Gasteiger partial charge in [-0.1, -0.05) is 41.9 Å². The van der Waals surface area contributed by atoms with Gasteiger partial charge in [0.25, 0.3) is 0 Å². The lowest BCUT2D eigenvalue weighted by molar-refractivity contribution is -0.124. The molecule has 6 heteroatoms.